The number of nitrogens with one attached hydrogen (secondary N) is 1. The van der Waals surface area contributed by atoms with Crippen LogP contribution in [0.25, 0.3) is 16.6 Å². The number of carbonyl (C=O) groups excluding carboxylic acids is 1. The fourth-order valence-electron chi connectivity index (χ4n) is 3.34. The number of para-hydroxylation sites is 1. The lowest BCUT2D eigenvalue weighted by Crippen LogP contribution is -2.23. The summed E-state index contributed by atoms with van der Waals surface area (Å²) in [6, 6.07) is 19.7. The normalized spacial score (nSPS) is 10.9. The van der Waals surface area contributed by atoms with Gasteiger partial charge in [0.15, 0.2) is 5.16 Å². The molecule has 1 heterocycles. The smallest absolute Gasteiger partial charge is 0.266 e. The van der Waals surface area contributed by atoms with Gasteiger partial charge in [-0.15, -0.1) is 0 Å². The number of aromatic nitrogens is 2. The van der Waals surface area contributed by atoms with E-state index in [0.717, 1.165) is 5.56 Å². The van der Waals surface area contributed by atoms with Crippen molar-refractivity contribution in [2.75, 3.05) is 17.7 Å². The molecular formula is C25H22ClN3O3S. The molecule has 6 nitrogen and oxygen atoms in total. The van der Waals surface area contributed by atoms with Gasteiger partial charge >= 0.3 is 0 Å². The Balaban J connectivity index is 1.66. The van der Waals surface area contributed by atoms with E-state index in [-0.39, 0.29) is 17.2 Å². The van der Waals surface area contributed by atoms with Crippen molar-refractivity contribution >= 4 is 45.9 Å². The zero-order valence-electron chi connectivity index (χ0n) is 18.2. The summed E-state index contributed by atoms with van der Waals surface area (Å²) in [5.41, 5.74) is 2.60. The van der Waals surface area contributed by atoms with Crippen LogP contribution in [-0.4, -0.2) is 27.8 Å². The molecule has 0 radical (unpaired) electrons. The molecule has 0 fully saturated rings. The molecule has 0 saturated carbocycles. The van der Waals surface area contributed by atoms with Gasteiger partial charge < -0.3 is 10.1 Å². The molecule has 0 saturated heterocycles. The summed E-state index contributed by atoms with van der Waals surface area (Å²) in [6.45, 7) is 4.36. The predicted octanol–water partition coefficient (Wildman–Crippen LogP) is 5.48. The summed E-state index contributed by atoms with van der Waals surface area (Å²) >= 11 is 7.25. The van der Waals surface area contributed by atoms with Crippen molar-refractivity contribution in [3.05, 3.63) is 87.7 Å². The molecule has 0 unspecified atom stereocenters. The third-order valence-corrected chi connectivity index (χ3v) is 6.13. The third-order valence-electron chi connectivity index (χ3n) is 4.96. The van der Waals surface area contributed by atoms with Crippen molar-refractivity contribution in [2.45, 2.75) is 19.0 Å². The van der Waals surface area contributed by atoms with Gasteiger partial charge in [0.2, 0.25) is 5.91 Å². The van der Waals surface area contributed by atoms with Crippen LogP contribution < -0.4 is 15.6 Å². The topological polar surface area (TPSA) is 73.2 Å². The van der Waals surface area contributed by atoms with Crippen molar-refractivity contribution in [1.29, 1.82) is 0 Å². The van der Waals surface area contributed by atoms with E-state index in [9.17, 15) is 9.59 Å². The van der Waals surface area contributed by atoms with Crippen molar-refractivity contribution in [2.24, 2.45) is 0 Å². The second-order valence-corrected chi connectivity index (χ2v) is 8.65. The largest absolute Gasteiger partial charge is 0.494 e. The fourth-order valence-corrected chi connectivity index (χ4v) is 4.33. The number of ether oxygens (including phenoxy) is 1. The first-order chi connectivity index (χ1) is 16.0. The standard InChI is InChI=1S/C25H22ClN3O3S/c1-3-32-19-12-10-18(11-13-19)29-24(31)20-6-4-5-7-21(20)28-25(29)33-15-23(30)27-22-14-17(26)9-8-16(22)2/h4-14H,3,15H2,1-2H3,(H,27,30). The van der Waals surface area contributed by atoms with Crippen LogP contribution >= 0.6 is 23.4 Å². The molecule has 0 bridgehead atoms. The van der Waals surface area contributed by atoms with Crippen LogP contribution in [0.2, 0.25) is 5.02 Å². The number of hydrogen-bond donors (Lipinski definition) is 1. The number of halogens is 1. The molecule has 4 rings (SSSR count). The number of hydrogen-bond acceptors (Lipinski definition) is 5. The first kappa shape index (κ1) is 22.9. The third kappa shape index (κ3) is 5.21. The van der Waals surface area contributed by atoms with Crippen molar-refractivity contribution in [3.63, 3.8) is 0 Å². The SMILES string of the molecule is CCOc1ccc(-n2c(SCC(=O)Nc3cc(Cl)ccc3C)nc3ccccc3c2=O)cc1. The molecule has 0 atom stereocenters. The lowest BCUT2D eigenvalue weighted by Gasteiger charge is -2.14. The Morgan fingerprint density at radius 2 is 1.88 bits per heavy atom. The highest BCUT2D eigenvalue weighted by molar-refractivity contribution is 7.99. The summed E-state index contributed by atoms with van der Waals surface area (Å²) in [7, 11) is 0. The molecule has 8 heteroatoms. The quantitative estimate of drug-likeness (QED) is 0.281. The number of carbonyl (C=O) groups is 1. The van der Waals surface area contributed by atoms with E-state index in [1.807, 2.05) is 56.3 Å². The van der Waals surface area contributed by atoms with Gasteiger partial charge in [0.25, 0.3) is 5.56 Å². The highest BCUT2D eigenvalue weighted by atomic mass is 35.5. The average Bonchev–Trinajstić information content (AvgIpc) is 2.81. The Morgan fingerprint density at radius 3 is 2.64 bits per heavy atom. The average molecular weight is 480 g/mol. The first-order valence-electron chi connectivity index (χ1n) is 10.4. The van der Waals surface area contributed by atoms with Crippen LogP contribution in [0.1, 0.15) is 12.5 Å². The molecule has 0 spiro atoms. The zero-order chi connectivity index (χ0) is 23.4. The van der Waals surface area contributed by atoms with Crippen LogP contribution in [-0.2, 0) is 4.79 Å². The first-order valence-corrected chi connectivity index (χ1v) is 11.8. The van der Waals surface area contributed by atoms with Gasteiger partial charge in [-0.05, 0) is 67.9 Å². The van der Waals surface area contributed by atoms with E-state index in [4.69, 9.17) is 16.3 Å². The minimum atomic E-state index is -0.217. The molecule has 4 aromatic rings. The Kier molecular flexibility index (Phi) is 7.01. The number of benzene rings is 3. The molecule has 0 aliphatic carbocycles. The number of fused-ring (bicyclic) bond motifs is 1. The monoisotopic (exact) mass is 479 g/mol. The van der Waals surface area contributed by atoms with Crippen molar-refractivity contribution < 1.29 is 9.53 Å². The van der Waals surface area contributed by atoms with Gasteiger partial charge in [0, 0.05) is 10.7 Å². The highest BCUT2D eigenvalue weighted by Gasteiger charge is 2.15. The van der Waals surface area contributed by atoms with E-state index in [1.165, 1.54) is 16.3 Å². The number of nitrogens with zero attached hydrogens (tertiary/aromatic N) is 2. The summed E-state index contributed by atoms with van der Waals surface area (Å²) in [6.07, 6.45) is 0. The van der Waals surface area contributed by atoms with Gasteiger partial charge in [0.05, 0.1) is 29.0 Å². The maximum Gasteiger partial charge on any atom is 0.266 e. The predicted molar refractivity (Wildman–Crippen MR) is 134 cm³/mol. The van der Waals surface area contributed by atoms with Gasteiger partial charge in [-0.1, -0.05) is 41.6 Å². The molecule has 33 heavy (non-hydrogen) atoms. The number of thioether (sulfide) groups is 1. The highest BCUT2D eigenvalue weighted by Crippen LogP contribution is 2.24. The van der Waals surface area contributed by atoms with Crippen LogP contribution in [0.4, 0.5) is 5.69 Å². The van der Waals surface area contributed by atoms with Gasteiger partial charge in [-0.25, -0.2) is 4.98 Å². The van der Waals surface area contributed by atoms with Crippen LogP contribution in [0, 0.1) is 6.92 Å². The van der Waals surface area contributed by atoms with Gasteiger partial charge in [-0.2, -0.15) is 0 Å². The lowest BCUT2D eigenvalue weighted by molar-refractivity contribution is -0.113. The second kappa shape index (κ2) is 10.1. The van der Waals surface area contributed by atoms with E-state index < -0.39 is 0 Å². The summed E-state index contributed by atoms with van der Waals surface area (Å²) in [5, 5.41) is 4.36. The molecule has 168 valence electrons. The molecule has 1 N–H and O–H groups in total. The van der Waals surface area contributed by atoms with E-state index in [0.29, 0.717) is 44.8 Å². The number of anilines is 1. The summed E-state index contributed by atoms with van der Waals surface area (Å²) < 4.78 is 7.04. The van der Waals surface area contributed by atoms with Crippen molar-refractivity contribution in [1.82, 2.24) is 9.55 Å². The zero-order valence-corrected chi connectivity index (χ0v) is 19.7. The molecule has 0 aliphatic rings. The van der Waals surface area contributed by atoms with E-state index in [2.05, 4.69) is 10.3 Å². The fraction of sp³-hybridized carbons (Fsp3) is 0.160. The summed E-state index contributed by atoms with van der Waals surface area (Å²) in [4.78, 5) is 30.7. The number of rotatable bonds is 7. The minimum absolute atomic E-state index is 0.0771. The Morgan fingerprint density at radius 1 is 1.12 bits per heavy atom. The second-order valence-electron chi connectivity index (χ2n) is 7.28. The summed E-state index contributed by atoms with van der Waals surface area (Å²) in [5.74, 6) is 0.577. The lowest BCUT2D eigenvalue weighted by atomic mass is 10.2. The number of aryl methyl sites for hydroxylation is 1. The van der Waals surface area contributed by atoms with E-state index in [1.54, 1.807) is 24.3 Å². The van der Waals surface area contributed by atoms with Gasteiger partial charge in [-0.3, -0.25) is 14.2 Å². The molecule has 3 aromatic carbocycles. The maximum absolute atomic E-state index is 13.3. The van der Waals surface area contributed by atoms with Gasteiger partial charge in [0.1, 0.15) is 5.75 Å². The number of amides is 1. The Labute approximate surface area is 200 Å². The van der Waals surface area contributed by atoms with Crippen LogP contribution in [0.5, 0.6) is 5.75 Å². The molecule has 1 aromatic heterocycles. The Hall–Kier alpha value is -3.29. The molecule has 1 amide bonds. The van der Waals surface area contributed by atoms with Crippen LogP contribution in [0.3, 0.4) is 0 Å². The molecule has 0 aliphatic heterocycles. The maximum atomic E-state index is 13.3. The van der Waals surface area contributed by atoms with Crippen molar-refractivity contribution in [3.8, 4) is 11.4 Å². The Bertz CT molecular complexity index is 1370. The minimum Gasteiger partial charge on any atom is -0.494 e. The molecular weight excluding hydrogens is 458 g/mol. The van der Waals surface area contributed by atoms with E-state index >= 15 is 0 Å². The van der Waals surface area contributed by atoms with Crippen LogP contribution in [0.15, 0.2) is 76.7 Å².